The van der Waals surface area contributed by atoms with Gasteiger partial charge in [-0.15, -0.1) is 0 Å². The highest BCUT2D eigenvalue weighted by atomic mass is 127. The molecule has 1 aromatic carbocycles. The number of halogens is 5. The predicted octanol–water partition coefficient (Wildman–Crippen LogP) is 3.61. The molecule has 1 aliphatic carbocycles. The SMILES string of the molecule is O=C(NC1CC(F)(F)C1)c1cc(I)c(F)cc1Cl. The van der Waals surface area contributed by atoms with Gasteiger partial charge in [-0.2, -0.15) is 0 Å². The maximum absolute atomic E-state index is 13.1. The molecule has 18 heavy (non-hydrogen) atoms. The second-order valence-electron chi connectivity index (χ2n) is 4.18. The van der Waals surface area contributed by atoms with Gasteiger partial charge in [0, 0.05) is 22.5 Å². The molecule has 0 saturated heterocycles. The summed E-state index contributed by atoms with van der Waals surface area (Å²) in [5, 5.41) is 2.42. The van der Waals surface area contributed by atoms with E-state index in [1.54, 1.807) is 22.6 Å². The molecule has 0 unspecified atom stereocenters. The predicted molar refractivity (Wildman–Crippen MR) is 69.6 cm³/mol. The van der Waals surface area contributed by atoms with Gasteiger partial charge in [0.05, 0.1) is 10.6 Å². The second-order valence-corrected chi connectivity index (χ2v) is 5.75. The van der Waals surface area contributed by atoms with E-state index in [9.17, 15) is 18.0 Å². The van der Waals surface area contributed by atoms with Gasteiger partial charge in [-0.1, -0.05) is 11.6 Å². The van der Waals surface area contributed by atoms with Crippen LogP contribution in [0.1, 0.15) is 23.2 Å². The van der Waals surface area contributed by atoms with Crippen LogP contribution < -0.4 is 5.32 Å². The minimum atomic E-state index is -2.70. The fourth-order valence-electron chi connectivity index (χ4n) is 1.72. The van der Waals surface area contributed by atoms with Crippen molar-refractivity contribution >= 4 is 40.1 Å². The van der Waals surface area contributed by atoms with Gasteiger partial charge in [0.1, 0.15) is 5.82 Å². The standard InChI is InChI=1S/C11H8ClF3INO/c12-7-2-8(13)9(16)1-6(7)10(18)17-5-3-11(14,15)4-5/h1-2,5H,3-4H2,(H,17,18). The first-order valence-electron chi connectivity index (χ1n) is 5.12. The van der Waals surface area contributed by atoms with Crippen molar-refractivity contribution in [3.63, 3.8) is 0 Å². The highest BCUT2D eigenvalue weighted by Crippen LogP contribution is 2.37. The van der Waals surface area contributed by atoms with E-state index in [0.29, 0.717) is 0 Å². The summed E-state index contributed by atoms with van der Waals surface area (Å²) in [5.41, 5.74) is 0.0951. The van der Waals surface area contributed by atoms with Gasteiger partial charge in [0.25, 0.3) is 11.8 Å². The molecule has 0 atom stereocenters. The molecule has 1 amide bonds. The number of carbonyl (C=O) groups excluding carboxylic acids is 1. The monoisotopic (exact) mass is 389 g/mol. The van der Waals surface area contributed by atoms with Crippen LogP contribution in [0.4, 0.5) is 13.2 Å². The zero-order valence-electron chi connectivity index (χ0n) is 8.94. The summed E-state index contributed by atoms with van der Waals surface area (Å²) in [4.78, 5) is 11.8. The maximum atomic E-state index is 13.1. The lowest BCUT2D eigenvalue weighted by atomic mass is 9.88. The van der Waals surface area contributed by atoms with Crippen LogP contribution in [-0.2, 0) is 0 Å². The van der Waals surface area contributed by atoms with Crippen LogP contribution >= 0.6 is 34.2 Å². The summed E-state index contributed by atoms with van der Waals surface area (Å²) >= 11 is 7.47. The van der Waals surface area contributed by atoms with Gasteiger partial charge < -0.3 is 5.32 Å². The molecule has 0 radical (unpaired) electrons. The van der Waals surface area contributed by atoms with Gasteiger partial charge in [-0.05, 0) is 34.7 Å². The Morgan fingerprint density at radius 3 is 2.61 bits per heavy atom. The number of alkyl halides is 2. The minimum absolute atomic E-state index is 0.0310. The Bertz CT molecular complexity index is 501. The molecule has 0 heterocycles. The Morgan fingerprint density at radius 1 is 1.44 bits per heavy atom. The summed E-state index contributed by atoms with van der Waals surface area (Å²) in [6.45, 7) is 0. The highest BCUT2D eigenvalue weighted by Gasteiger charge is 2.46. The van der Waals surface area contributed by atoms with Crippen LogP contribution in [0.25, 0.3) is 0 Å². The molecule has 0 spiro atoms. The number of benzene rings is 1. The maximum Gasteiger partial charge on any atom is 0.253 e. The van der Waals surface area contributed by atoms with Gasteiger partial charge in [0.15, 0.2) is 0 Å². The topological polar surface area (TPSA) is 29.1 Å². The fraction of sp³-hybridized carbons (Fsp3) is 0.364. The van der Waals surface area contributed by atoms with Gasteiger partial charge >= 0.3 is 0 Å². The van der Waals surface area contributed by atoms with E-state index in [1.165, 1.54) is 6.07 Å². The second kappa shape index (κ2) is 4.88. The van der Waals surface area contributed by atoms with Crippen LogP contribution in [0, 0.1) is 9.39 Å². The average molecular weight is 390 g/mol. The Balaban J connectivity index is 2.08. The number of rotatable bonds is 2. The van der Waals surface area contributed by atoms with Crippen molar-refractivity contribution in [1.29, 1.82) is 0 Å². The number of hydrogen-bond donors (Lipinski definition) is 1. The third kappa shape index (κ3) is 2.90. The smallest absolute Gasteiger partial charge is 0.253 e. The molecule has 98 valence electrons. The molecule has 7 heteroatoms. The molecule has 1 aromatic rings. The van der Waals surface area contributed by atoms with Crippen molar-refractivity contribution < 1.29 is 18.0 Å². The van der Waals surface area contributed by atoms with Crippen molar-refractivity contribution in [2.75, 3.05) is 0 Å². The van der Waals surface area contributed by atoms with Crippen molar-refractivity contribution in [1.82, 2.24) is 5.32 Å². The van der Waals surface area contributed by atoms with Crippen LogP contribution in [0.2, 0.25) is 5.02 Å². The third-order valence-electron chi connectivity index (χ3n) is 2.68. The van der Waals surface area contributed by atoms with Gasteiger partial charge in [-0.3, -0.25) is 4.79 Å². The fourth-order valence-corrected chi connectivity index (χ4v) is 2.43. The lowest BCUT2D eigenvalue weighted by Gasteiger charge is -2.35. The number of carbonyl (C=O) groups is 1. The Hall–Kier alpha value is -0.500. The lowest BCUT2D eigenvalue weighted by Crippen LogP contribution is -2.50. The van der Waals surface area contributed by atoms with E-state index in [4.69, 9.17) is 11.6 Å². The van der Waals surface area contributed by atoms with Crippen LogP contribution in [0.5, 0.6) is 0 Å². The quantitative estimate of drug-likeness (QED) is 0.608. The van der Waals surface area contributed by atoms with E-state index in [0.717, 1.165) is 6.07 Å². The molecule has 2 nitrogen and oxygen atoms in total. The van der Waals surface area contributed by atoms with Crippen molar-refractivity contribution in [2.45, 2.75) is 24.8 Å². The molecular weight excluding hydrogens is 381 g/mol. The molecule has 0 bridgehead atoms. The molecule has 1 saturated carbocycles. The average Bonchev–Trinajstić information content (AvgIpc) is 2.20. The number of hydrogen-bond acceptors (Lipinski definition) is 1. The first-order valence-corrected chi connectivity index (χ1v) is 6.57. The Morgan fingerprint density at radius 2 is 2.06 bits per heavy atom. The Kier molecular flexibility index (Phi) is 3.77. The first kappa shape index (κ1) is 13.9. The number of amides is 1. The highest BCUT2D eigenvalue weighted by molar-refractivity contribution is 14.1. The Labute approximate surface area is 120 Å². The van der Waals surface area contributed by atoms with Crippen molar-refractivity contribution in [3.05, 3.63) is 32.1 Å². The normalized spacial score (nSPS) is 18.3. The van der Waals surface area contributed by atoms with E-state index < -0.39 is 23.7 Å². The van der Waals surface area contributed by atoms with Crippen LogP contribution in [0.3, 0.4) is 0 Å². The van der Waals surface area contributed by atoms with Crippen LogP contribution in [-0.4, -0.2) is 17.9 Å². The van der Waals surface area contributed by atoms with E-state index in [1.807, 2.05) is 0 Å². The third-order valence-corrected chi connectivity index (χ3v) is 3.82. The zero-order valence-corrected chi connectivity index (χ0v) is 11.9. The molecule has 1 N–H and O–H groups in total. The lowest BCUT2D eigenvalue weighted by molar-refractivity contribution is -0.0901. The van der Waals surface area contributed by atoms with E-state index in [2.05, 4.69) is 5.32 Å². The van der Waals surface area contributed by atoms with Crippen molar-refractivity contribution in [3.8, 4) is 0 Å². The summed E-state index contributed by atoms with van der Waals surface area (Å²) in [6.07, 6.45) is -0.733. The molecule has 2 rings (SSSR count). The first-order chi connectivity index (χ1) is 8.28. The molecule has 1 aliphatic rings. The number of nitrogens with one attached hydrogen (secondary N) is 1. The summed E-state index contributed by atoms with van der Waals surface area (Å²) in [7, 11) is 0. The largest absolute Gasteiger partial charge is 0.349 e. The summed E-state index contributed by atoms with van der Waals surface area (Å²) < 4.78 is 38.6. The minimum Gasteiger partial charge on any atom is -0.349 e. The molecular formula is C11H8ClF3INO. The van der Waals surface area contributed by atoms with Gasteiger partial charge in [-0.25, -0.2) is 13.2 Å². The van der Waals surface area contributed by atoms with Gasteiger partial charge in [0.2, 0.25) is 0 Å². The van der Waals surface area contributed by atoms with E-state index in [-0.39, 0.29) is 27.0 Å². The van der Waals surface area contributed by atoms with E-state index >= 15 is 0 Å². The molecule has 1 fully saturated rings. The van der Waals surface area contributed by atoms with Crippen LogP contribution in [0.15, 0.2) is 12.1 Å². The van der Waals surface area contributed by atoms with Crippen molar-refractivity contribution in [2.24, 2.45) is 0 Å². The summed E-state index contributed by atoms with van der Waals surface area (Å²) in [6, 6.07) is 1.78. The molecule has 0 aliphatic heterocycles. The summed E-state index contributed by atoms with van der Waals surface area (Å²) in [5.74, 6) is -3.77. The zero-order chi connectivity index (χ0) is 13.5. The molecule has 0 aromatic heterocycles.